The van der Waals surface area contributed by atoms with Crippen LogP contribution in [0.15, 0.2) is 192 Å². The third kappa shape index (κ3) is 4.78. The molecule has 9 aromatic carbocycles. The van der Waals surface area contributed by atoms with E-state index in [0.717, 1.165) is 44.4 Å². The van der Waals surface area contributed by atoms with E-state index in [2.05, 4.69) is 193 Å². The molecule has 0 aliphatic rings. The second-order valence-corrected chi connectivity index (χ2v) is 14.7. The SMILES string of the molecule is c1ccc(-c2cccc3cccc(-c4cccc(N(c5ccc6c(c5)sc5ccccc56)c5cccc6oc7c8ccccc8ccc7c56)c4)c23)cc1. The van der Waals surface area contributed by atoms with Gasteiger partial charge in [0.25, 0.3) is 0 Å². The number of rotatable bonds is 5. The van der Waals surface area contributed by atoms with Gasteiger partial charge in [0, 0.05) is 42.3 Å². The minimum atomic E-state index is 0.875. The molecule has 11 aromatic rings. The van der Waals surface area contributed by atoms with E-state index >= 15 is 0 Å². The second kappa shape index (κ2) is 11.9. The number of anilines is 3. The van der Waals surface area contributed by atoms with Crippen LogP contribution in [-0.2, 0) is 0 Å². The van der Waals surface area contributed by atoms with Crippen molar-refractivity contribution in [2.24, 2.45) is 0 Å². The molecule has 3 heteroatoms. The number of hydrogen-bond donors (Lipinski definition) is 0. The van der Waals surface area contributed by atoms with E-state index in [1.807, 2.05) is 11.3 Å². The highest BCUT2D eigenvalue weighted by atomic mass is 32.1. The van der Waals surface area contributed by atoms with Crippen LogP contribution in [0.3, 0.4) is 0 Å². The van der Waals surface area contributed by atoms with Crippen molar-refractivity contribution in [3.8, 4) is 22.3 Å². The zero-order valence-electron chi connectivity index (χ0n) is 28.7. The molecule has 11 rings (SSSR count). The lowest BCUT2D eigenvalue weighted by atomic mass is 9.91. The standard InChI is InChI=1S/C50H31NOS/c1-2-12-32(13-3-1)38-21-9-15-34-16-10-22-39(48(34)38)35-17-8-18-36(30-35)51(37-27-29-42-41-20-6-7-25-46(41)53-47(42)31-37)44-23-11-24-45-49(44)43-28-26-33-14-4-5-19-40(33)50(43)52-45/h1-31H. The van der Waals surface area contributed by atoms with Crippen molar-refractivity contribution < 1.29 is 4.42 Å². The second-order valence-electron chi connectivity index (χ2n) is 13.7. The molecular weight excluding hydrogens is 663 g/mol. The van der Waals surface area contributed by atoms with Gasteiger partial charge >= 0.3 is 0 Å². The Morgan fingerprint density at radius 1 is 0.396 bits per heavy atom. The molecule has 0 unspecified atom stereocenters. The van der Waals surface area contributed by atoms with Crippen molar-refractivity contribution in [1.29, 1.82) is 0 Å². The van der Waals surface area contributed by atoms with E-state index in [0.29, 0.717) is 0 Å². The van der Waals surface area contributed by atoms with Crippen LogP contribution in [0.1, 0.15) is 0 Å². The highest BCUT2D eigenvalue weighted by Crippen LogP contribution is 2.47. The molecule has 0 saturated heterocycles. The first-order valence-electron chi connectivity index (χ1n) is 18.0. The lowest BCUT2D eigenvalue weighted by Gasteiger charge is -2.27. The maximum Gasteiger partial charge on any atom is 0.143 e. The normalized spacial score (nSPS) is 11.8. The Hall–Kier alpha value is -6.68. The summed E-state index contributed by atoms with van der Waals surface area (Å²) in [7, 11) is 0. The summed E-state index contributed by atoms with van der Waals surface area (Å²) >= 11 is 1.85. The van der Waals surface area contributed by atoms with Crippen LogP contribution in [0.2, 0.25) is 0 Å². The number of thiophene rings is 1. The number of nitrogens with zero attached hydrogens (tertiary/aromatic N) is 1. The molecule has 248 valence electrons. The first-order chi connectivity index (χ1) is 26.3. The van der Waals surface area contributed by atoms with E-state index in [1.54, 1.807) is 0 Å². The predicted molar refractivity (Wildman–Crippen MR) is 227 cm³/mol. The van der Waals surface area contributed by atoms with E-state index in [4.69, 9.17) is 4.42 Å². The van der Waals surface area contributed by atoms with Crippen LogP contribution in [0.5, 0.6) is 0 Å². The van der Waals surface area contributed by atoms with Crippen LogP contribution >= 0.6 is 11.3 Å². The van der Waals surface area contributed by atoms with Gasteiger partial charge in [0.1, 0.15) is 11.2 Å². The minimum absolute atomic E-state index is 0.875. The van der Waals surface area contributed by atoms with Crippen molar-refractivity contribution in [1.82, 2.24) is 0 Å². The fourth-order valence-corrected chi connectivity index (χ4v) is 9.39. The number of benzene rings is 9. The molecular formula is C50H31NOS. The third-order valence-corrected chi connectivity index (χ3v) is 11.8. The topological polar surface area (TPSA) is 16.4 Å². The molecule has 2 aromatic heterocycles. The lowest BCUT2D eigenvalue weighted by Crippen LogP contribution is -2.10. The van der Waals surface area contributed by atoms with Crippen molar-refractivity contribution in [2.45, 2.75) is 0 Å². The first kappa shape index (κ1) is 30.0. The summed E-state index contributed by atoms with van der Waals surface area (Å²) in [5, 5.41) is 9.57. The van der Waals surface area contributed by atoms with Crippen LogP contribution in [0.4, 0.5) is 17.1 Å². The van der Waals surface area contributed by atoms with E-state index in [1.165, 1.54) is 58.6 Å². The van der Waals surface area contributed by atoms with Gasteiger partial charge in [0.05, 0.1) is 11.1 Å². The smallest absolute Gasteiger partial charge is 0.143 e. The Kier molecular flexibility index (Phi) is 6.76. The highest BCUT2D eigenvalue weighted by molar-refractivity contribution is 7.25. The summed E-state index contributed by atoms with van der Waals surface area (Å²) in [6.45, 7) is 0. The van der Waals surface area contributed by atoms with E-state index in [-0.39, 0.29) is 0 Å². The van der Waals surface area contributed by atoms with Gasteiger partial charge in [0.15, 0.2) is 0 Å². The summed E-state index contributed by atoms with van der Waals surface area (Å²) in [4.78, 5) is 2.42. The average molecular weight is 694 g/mol. The molecule has 53 heavy (non-hydrogen) atoms. The van der Waals surface area contributed by atoms with Gasteiger partial charge in [0.2, 0.25) is 0 Å². The Morgan fingerprint density at radius 3 is 1.94 bits per heavy atom. The Bertz CT molecular complexity index is 3180. The van der Waals surface area contributed by atoms with Crippen LogP contribution < -0.4 is 4.90 Å². The molecule has 0 amide bonds. The van der Waals surface area contributed by atoms with Gasteiger partial charge in [-0.1, -0.05) is 140 Å². The van der Waals surface area contributed by atoms with Gasteiger partial charge in [-0.25, -0.2) is 0 Å². The van der Waals surface area contributed by atoms with Gasteiger partial charge < -0.3 is 9.32 Å². The van der Waals surface area contributed by atoms with Crippen molar-refractivity contribution >= 4 is 92.1 Å². The van der Waals surface area contributed by atoms with Gasteiger partial charge in [-0.3, -0.25) is 0 Å². The predicted octanol–water partition coefficient (Wildman–Crippen LogP) is 15.1. The largest absolute Gasteiger partial charge is 0.455 e. The maximum absolute atomic E-state index is 6.71. The summed E-state index contributed by atoms with van der Waals surface area (Å²) < 4.78 is 9.27. The molecule has 2 heterocycles. The van der Waals surface area contributed by atoms with Gasteiger partial charge in [-0.15, -0.1) is 11.3 Å². The molecule has 0 atom stereocenters. The summed E-state index contributed by atoms with van der Waals surface area (Å²) in [5.74, 6) is 0. The molecule has 0 radical (unpaired) electrons. The van der Waals surface area contributed by atoms with Gasteiger partial charge in [-0.2, -0.15) is 0 Å². The quantitative estimate of drug-likeness (QED) is 0.178. The highest BCUT2D eigenvalue weighted by Gasteiger charge is 2.22. The first-order valence-corrected chi connectivity index (χ1v) is 18.8. The Morgan fingerprint density at radius 2 is 1.06 bits per heavy atom. The molecule has 0 bridgehead atoms. The minimum Gasteiger partial charge on any atom is -0.455 e. The van der Waals surface area contributed by atoms with Crippen LogP contribution in [-0.4, -0.2) is 0 Å². The van der Waals surface area contributed by atoms with Crippen LogP contribution in [0, 0.1) is 0 Å². The van der Waals surface area contributed by atoms with E-state index in [9.17, 15) is 0 Å². The monoisotopic (exact) mass is 693 g/mol. The molecule has 0 spiro atoms. The lowest BCUT2D eigenvalue weighted by molar-refractivity contribution is 0.672. The molecule has 0 aliphatic carbocycles. The zero-order chi connectivity index (χ0) is 34.9. The van der Waals surface area contributed by atoms with Crippen molar-refractivity contribution in [3.05, 3.63) is 188 Å². The summed E-state index contributed by atoms with van der Waals surface area (Å²) in [6, 6.07) is 68.0. The number of fused-ring (bicyclic) bond motifs is 9. The Labute approximate surface area is 310 Å². The molecule has 0 N–H and O–H groups in total. The summed E-state index contributed by atoms with van der Waals surface area (Å²) in [5.41, 5.74) is 9.89. The third-order valence-electron chi connectivity index (χ3n) is 10.6. The molecule has 0 aliphatic heterocycles. The molecule has 0 fully saturated rings. The number of hydrogen-bond acceptors (Lipinski definition) is 3. The van der Waals surface area contributed by atoms with Crippen LogP contribution in [0.25, 0.3) is 85.9 Å². The van der Waals surface area contributed by atoms with Crippen molar-refractivity contribution in [2.75, 3.05) is 4.90 Å². The van der Waals surface area contributed by atoms with E-state index < -0.39 is 0 Å². The summed E-state index contributed by atoms with van der Waals surface area (Å²) in [6.07, 6.45) is 0. The number of furan rings is 1. The van der Waals surface area contributed by atoms with Gasteiger partial charge in [-0.05, 0) is 86.9 Å². The Balaban J connectivity index is 1.17. The molecule has 2 nitrogen and oxygen atoms in total. The fraction of sp³-hybridized carbons (Fsp3) is 0. The zero-order valence-corrected chi connectivity index (χ0v) is 29.5. The fourth-order valence-electron chi connectivity index (χ4n) is 8.25. The average Bonchev–Trinajstić information content (AvgIpc) is 3.80. The molecule has 0 saturated carbocycles. The maximum atomic E-state index is 6.71. The van der Waals surface area contributed by atoms with Crippen molar-refractivity contribution in [3.63, 3.8) is 0 Å².